The number of carbonyl (C=O) groups excluding carboxylic acids is 2. The second kappa shape index (κ2) is 10.5. The monoisotopic (exact) mass is 598 g/mol. The van der Waals surface area contributed by atoms with Crippen LogP contribution < -0.4 is 10.1 Å². The lowest BCUT2D eigenvalue weighted by molar-refractivity contribution is -0.123. The molecule has 1 heterocycles. The minimum absolute atomic E-state index is 0.189. The standard InChI is InChI=1S/C26H20Br2N2O5/c1-15-3-2-4-17(9-15)13-30-24(31)22(29-26(30)34)12-18-10-20(27)23(21(28)11-18)35-14-16-5-7-19(8-6-16)25(32)33/h2-12H,13-14H2,1H3,(H,29,34)(H,32,33)/b22-12+. The number of hydrogen-bond donors (Lipinski definition) is 2. The Morgan fingerprint density at radius 3 is 2.34 bits per heavy atom. The van der Waals surface area contributed by atoms with E-state index in [0.29, 0.717) is 20.3 Å². The van der Waals surface area contributed by atoms with E-state index in [1.54, 1.807) is 30.3 Å². The van der Waals surface area contributed by atoms with Gasteiger partial charge in [-0.2, -0.15) is 0 Å². The fraction of sp³-hybridized carbons (Fsp3) is 0.115. The van der Waals surface area contributed by atoms with Crippen LogP contribution in [0.2, 0.25) is 0 Å². The number of rotatable bonds is 7. The fourth-order valence-corrected chi connectivity index (χ4v) is 5.03. The highest BCUT2D eigenvalue weighted by atomic mass is 79.9. The molecule has 1 fully saturated rings. The van der Waals surface area contributed by atoms with Crippen LogP contribution in [0.1, 0.15) is 32.6 Å². The van der Waals surface area contributed by atoms with E-state index in [0.717, 1.165) is 16.7 Å². The number of urea groups is 1. The third kappa shape index (κ3) is 5.80. The summed E-state index contributed by atoms with van der Waals surface area (Å²) in [6.45, 7) is 2.39. The molecular weight excluding hydrogens is 580 g/mol. The van der Waals surface area contributed by atoms with Gasteiger partial charge in [0.25, 0.3) is 5.91 Å². The molecule has 0 radical (unpaired) electrons. The predicted molar refractivity (Wildman–Crippen MR) is 138 cm³/mol. The molecule has 178 valence electrons. The minimum Gasteiger partial charge on any atom is -0.487 e. The smallest absolute Gasteiger partial charge is 0.335 e. The van der Waals surface area contributed by atoms with Gasteiger partial charge in [0.15, 0.2) is 0 Å². The Labute approximate surface area is 218 Å². The Balaban J connectivity index is 1.47. The molecule has 1 aliphatic rings. The molecule has 9 heteroatoms. The van der Waals surface area contributed by atoms with Crippen molar-refractivity contribution in [3.8, 4) is 5.75 Å². The SMILES string of the molecule is Cc1cccc(CN2C(=O)N/C(=C/c3cc(Br)c(OCc4ccc(C(=O)O)cc4)c(Br)c3)C2=O)c1. The van der Waals surface area contributed by atoms with Crippen LogP contribution in [0.15, 0.2) is 75.3 Å². The summed E-state index contributed by atoms with van der Waals surface area (Å²) in [6, 6.07) is 17.2. The number of aromatic carboxylic acids is 1. The van der Waals surface area contributed by atoms with E-state index >= 15 is 0 Å². The molecule has 3 amide bonds. The van der Waals surface area contributed by atoms with Crippen molar-refractivity contribution in [2.24, 2.45) is 0 Å². The van der Waals surface area contributed by atoms with Gasteiger partial charge in [0.2, 0.25) is 0 Å². The zero-order valence-corrected chi connectivity index (χ0v) is 21.7. The van der Waals surface area contributed by atoms with Gasteiger partial charge < -0.3 is 15.2 Å². The normalized spacial score (nSPS) is 14.4. The van der Waals surface area contributed by atoms with Gasteiger partial charge >= 0.3 is 12.0 Å². The van der Waals surface area contributed by atoms with Crippen LogP contribution in [-0.4, -0.2) is 27.9 Å². The Bertz CT molecular complexity index is 1330. The van der Waals surface area contributed by atoms with Crippen LogP contribution >= 0.6 is 31.9 Å². The van der Waals surface area contributed by atoms with Gasteiger partial charge in [0, 0.05) is 0 Å². The molecule has 7 nitrogen and oxygen atoms in total. The van der Waals surface area contributed by atoms with E-state index in [1.807, 2.05) is 31.2 Å². The number of imide groups is 1. The van der Waals surface area contributed by atoms with Crippen molar-refractivity contribution < 1.29 is 24.2 Å². The Kier molecular flexibility index (Phi) is 7.37. The molecule has 1 saturated heterocycles. The first kappa shape index (κ1) is 24.7. The molecule has 0 bridgehead atoms. The summed E-state index contributed by atoms with van der Waals surface area (Å²) in [5.41, 5.74) is 3.82. The molecule has 0 aliphatic carbocycles. The number of nitrogens with one attached hydrogen (secondary N) is 1. The summed E-state index contributed by atoms with van der Waals surface area (Å²) in [7, 11) is 0. The number of halogens is 2. The quantitative estimate of drug-likeness (QED) is 0.261. The molecule has 1 aliphatic heterocycles. The number of carbonyl (C=O) groups is 3. The summed E-state index contributed by atoms with van der Waals surface area (Å²) in [4.78, 5) is 37.5. The third-order valence-electron chi connectivity index (χ3n) is 5.30. The number of carboxylic acids is 1. The maximum absolute atomic E-state index is 12.9. The molecule has 0 unspecified atom stereocenters. The highest BCUT2D eigenvalue weighted by molar-refractivity contribution is 9.11. The molecule has 0 spiro atoms. The third-order valence-corrected chi connectivity index (χ3v) is 6.48. The lowest BCUT2D eigenvalue weighted by Crippen LogP contribution is -2.30. The Morgan fingerprint density at radius 1 is 1.03 bits per heavy atom. The van der Waals surface area contributed by atoms with Crippen molar-refractivity contribution in [2.45, 2.75) is 20.1 Å². The highest BCUT2D eigenvalue weighted by Crippen LogP contribution is 2.36. The topological polar surface area (TPSA) is 95.9 Å². The summed E-state index contributed by atoms with van der Waals surface area (Å²) in [5.74, 6) is -0.825. The second-order valence-electron chi connectivity index (χ2n) is 7.97. The zero-order valence-electron chi connectivity index (χ0n) is 18.5. The summed E-state index contributed by atoms with van der Waals surface area (Å²) in [5, 5.41) is 11.7. The Morgan fingerprint density at radius 2 is 1.71 bits per heavy atom. The number of nitrogens with zero attached hydrogens (tertiary/aromatic N) is 1. The number of ether oxygens (including phenoxy) is 1. The maximum Gasteiger partial charge on any atom is 0.335 e. The zero-order chi connectivity index (χ0) is 25.1. The van der Waals surface area contributed by atoms with Gasteiger partial charge in [-0.1, -0.05) is 42.0 Å². The summed E-state index contributed by atoms with van der Waals surface area (Å²) < 4.78 is 7.20. The lowest BCUT2D eigenvalue weighted by Gasteiger charge is -2.12. The van der Waals surface area contributed by atoms with Crippen molar-refractivity contribution in [3.63, 3.8) is 0 Å². The number of amides is 3. The maximum atomic E-state index is 12.9. The van der Waals surface area contributed by atoms with Crippen molar-refractivity contribution in [1.29, 1.82) is 0 Å². The highest BCUT2D eigenvalue weighted by Gasteiger charge is 2.33. The molecule has 35 heavy (non-hydrogen) atoms. The Hall–Kier alpha value is -3.43. The van der Waals surface area contributed by atoms with E-state index in [9.17, 15) is 14.4 Å². The number of aryl methyl sites for hydroxylation is 1. The fourth-order valence-electron chi connectivity index (χ4n) is 3.57. The molecule has 3 aromatic carbocycles. The van der Waals surface area contributed by atoms with Crippen LogP contribution in [0, 0.1) is 6.92 Å². The number of hydrogen-bond acceptors (Lipinski definition) is 4. The van der Waals surface area contributed by atoms with E-state index in [4.69, 9.17) is 9.84 Å². The van der Waals surface area contributed by atoms with Crippen LogP contribution in [0.4, 0.5) is 4.79 Å². The van der Waals surface area contributed by atoms with E-state index < -0.39 is 17.9 Å². The number of carboxylic acid groups (broad SMARTS) is 1. The van der Waals surface area contributed by atoms with Gasteiger partial charge in [-0.15, -0.1) is 0 Å². The first-order chi connectivity index (χ1) is 16.7. The van der Waals surface area contributed by atoms with Crippen LogP contribution in [0.25, 0.3) is 6.08 Å². The van der Waals surface area contributed by atoms with Crippen LogP contribution in [-0.2, 0) is 17.9 Å². The molecule has 0 atom stereocenters. The van der Waals surface area contributed by atoms with E-state index in [1.165, 1.54) is 17.0 Å². The molecule has 4 rings (SSSR count). The predicted octanol–water partition coefficient (Wildman–Crippen LogP) is 5.89. The van der Waals surface area contributed by atoms with Crippen LogP contribution in [0.5, 0.6) is 5.75 Å². The molecule has 0 aromatic heterocycles. The second-order valence-corrected chi connectivity index (χ2v) is 9.68. The summed E-state index contributed by atoms with van der Waals surface area (Å²) in [6.07, 6.45) is 1.61. The molecule has 2 N–H and O–H groups in total. The number of benzene rings is 3. The van der Waals surface area contributed by atoms with Gasteiger partial charge in [0.05, 0.1) is 21.1 Å². The van der Waals surface area contributed by atoms with Crippen molar-refractivity contribution in [3.05, 3.63) is 103 Å². The van der Waals surface area contributed by atoms with Gasteiger partial charge in [-0.05, 0) is 85.8 Å². The van der Waals surface area contributed by atoms with Crippen molar-refractivity contribution in [2.75, 3.05) is 0 Å². The van der Waals surface area contributed by atoms with Gasteiger partial charge in [0.1, 0.15) is 18.1 Å². The average molecular weight is 600 g/mol. The van der Waals surface area contributed by atoms with E-state index in [2.05, 4.69) is 37.2 Å². The van der Waals surface area contributed by atoms with Gasteiger partial charge in [-0.25, -0.2) is 9.59 Å². The van der Waals surface area contributed by atoms with Crippen molar-refractivity contribution in [1.82, 2.24) is 10.2 Å². The largest absolute Gasteiger partial charge is 0.487 e. The summed E-state index contributed by atoms with van der Waals surface area (Å²) >= 11 is 6.99. The first-order valence-corrected chi connectivity index (χ1v) is 12.1. The molecule has 3 aromatic rings. The lowest BCUT2D eigenvalue weighted by atomic mass is 10.1. The molecule has 0 saturated carbocycles. The van der Waals surface area contributed by atoms with Gasteiger partial charge in [-0.3, -0.25) is 9.69 Å². The average Bonchev–Trinajstić information content (AvgIpc) is 3.06. The molecular formula is C26H20Br2N2O5. The van der Waals surface area contributed by atoms with Crippen molar-refractivity contribution >= 4 is 55.8 Å². The minimum atomic E-state index is -0.983. The van der Waals surface area contributed by atoms with Crippen LogP contribution in [0.3, 0.4) is 0 Å². The van der Waals surface area contributed by atoms with E-state index in [-0.39, 0.29) is 24.4 Å². The first-order valence-electron chi connectivity index (χ1n) is 10.6.